The number of fused-ring (bicyclic) bond motifs is 1. The van der Waals surface area contributed by atoms with Crippen LogP contribution in [0, 0.1) is 0 Å². The van der Waals surface area contributed by atoms with Crippen LogP contribution < -0.4 is 5.32 Å². The van der Waals surface area contributed by atoms with Crippen LogP contribution in [0.25, 0.3) is 11.2 Å². The number of thioether (sulfide) groups is 2. The van der Waals surface area contributed by atoms with Gasteiger partial charge in [0, 0.05) is 18.1 Å². The van der Waals surface area contributed by atoms with Crippen LogP contribution in [-0.2, 0) is 27.3 Å². The second-order valence-electron chi connectivity index (χ2n) is 8.78. The third-order valence-electron chi connectivity index (χ3n) is 5.53. The van der Waals surface area contributed by atoms with E-state index in [1.54, 1.807) is 0 Å². The second kappa shape index (κ2) is 14.5. The summed E-state index contributed by atoms with van der Waals surface area (Å²) in [6, 6.07) is 0. The maximum absolute atomic E-state index is 12.7. The van der Waals surface area contributed by atoms with Gasteiger partial charge in [0.15, 0.2) is 28.4 Å². The molecule has 1 aliphatic rings. The second-order valence-corrected chi connectivity index (χ2v) is 18.9. The number of hydrogen-bond donors (Lipinski definition) is 7. The van der Waals surface area contributed by atoms with Crippen LogP contribution in [0.5, 0.6) is 0 Å². The van der Waals surface area contributed by atoms with E-state index in [4.69, 9.17) is 37.7 Å². The number of halogens is 5. The standard InChI is InChI=1S/C17H25Cl2F3N5O12P3S2/c1-43-5-3-23-12-9-13(26-15(25-12)44-4-2-16(20,21)22)27(7-24-9)14-11(29)10(28)8(38-14)6-37-42(35,36)39-41(33,34)17(18,19)40(30,31)32/h7-8,10-11,14,28-29H,2-6H2,1H3,(H,33,34)(H,35,36)(H,23,25,26)(H2,30,31,32)/t8-,10+,11+,14-/m1/s1. The van der Waals surface area contributed by atoms with Crippen molar-refractivity contribution in [3.05, 3.63) is 6.33 Å². The van der Waals surface area contributed by atoms with Crippen LogP contribution in [0.15, 0.2) is 11.5 Å². The predicted octanol–water partition coefficient (Wildman–Crippen LogP) is 2.85. The minimum Gasteiger partial charge on any atom is -0.387 e. The molecule has 0 radical (unpaired) electrons. The van der Waals surface area contributed by atoms with E-state index in [0.29, 0.717) is 24.1 Å². The smallest absolute Gasteiger partial charge is 0.387 e. The van der Waals surface area contributed by atoms with Gasteiger partial charge in [-0.15, -0.1) is 0 Å². The molecule has 27 heteroatoms. The topological polar surface area (TPSA) is 256 Å². The lowest BCUT2D eigenvalue weighted by Crippen LogP contribution is -2.33. The zero-order valence-corrected chi connectivity index (χ0v) is 27.7. The van der Waals surface area contributed by atoms with Gasteiger partial charge in [-0.3, -0.25) is 18.2 Å². The maximum atomic E-state index is 12.7. The molecule has 0 saturated carbocycles. The molecule has 3 heterocycles. The molecule has 44 heavy (non-hydrogen) atoms. The van der Waals surface area contributed by atoms with Crippen LogP contribution >= 0.6 is 69.7 Å². The highest BCUT2D eigenvalue weighted by Gasteiger charge is 2.62. The van der Waals surface area contributed by atoms with E-state index in [1.165, 1.54) is 11.8 Å². The Kier molecular flexibility index (Phi) is 12.6. The number of phosphoric acid groups is 1. The highest BCUT2D eigenvalue weighted by molar-refractivity contribution is 7.99. The number of nitrogens with one attached hydrogen (secondary N) is 1. The summed E-state index contributed by atoms with van der Waals surface area (Å²) in [4.78, 5) is 50.4. The van der Waals surface area contributed by atoms with Gasteiger partial charge in [0.25, 0.3) is 0 Å². The van der Waals surface area contributed by atoms with E-state index in [1.807, 2.05) is 6.26 Å². The highest BCUT2D eigenvalue weighted by Crippen LogP contribution is 2.79. The first-order chi connectivity index (χ1) is 20.1. The third kappa shape index (κ3) is 9.21. The molecule has 7 N–H and O–H groups in total. The quantitative estimate of drug-likeness (QED) is 0.0451. The van der Waals surface area contributed by atoms with Crippen LogP contribution in [0.1, 0.15) is 12.6 Å². The first-order valence-corrected chi connectivity index (χ1v) is 19.6. The Morgan fingerprint density at radius 2 is 1.77 bits per heavy atom. The SMILES string of the molecule is CSCCNc1nc(SCCC(F)(F)F)nc2c1ncn2[C@@H]1O[C@H](COP(=O)(O)OP(=O)(O)C(Cl)(Cl)P(=O)(O)O)[C@H](O)[C@@H]1O. The van der Waals surface area contributed by atoms with Crippen LogP contribution in [0.3, 0.4) is 0 Å². The molecule has 2 unspecified atom stereocenters. The van der Waals surface area contributed by atoms with E-state index < -0.39 is 76.3 Å². The van der Waals surface area contributed by atoms with Gasteiger partial charge >= 0.3 is 33.0 Å². The lowest BCUT2D eigenvalue weighted by atomic mass is 10.1. The monoisotopic (exact) mass is 775 g/mol. The number of phosphoric ester groups is 1. The summed E-state index contributed by atoms with van der Waals surface area (Å²) >= 11 is 12.6. The molecule has 252 valence electrons. The Labute approximate surface area is 264 Å². The number of hydrogen-bond acceptors (Lipinski definition) is 14. The van der Waals surface area contributed by atoms with Crippen molar-refractivity contribution in [3.8, 4) is 0 Å². The van der Waals surface area contributed by atoms with Gasteiger partial charge in [-0.25, -0.2) is 23.8 Å². The minimum atomic E-state index is -5.97. The molecule has 6 atom stereocenters. The highest BCUT2D eigenvalue weighted by atomic mass is 35.5. The fourth-order valence-electron chi connectivity index (χ4n) is 3.44. The molecule has 0 amide bonds. The minimum absolute atomic E-state index is 0.0191. The number of aliphatic hydroxyl groups is 2. The number of aromatic nitrogens is 4. The molecule has 0 aliphatic carbocycles. The average molecular weight is 776 g/mol. The summed E-state index contributed by atoms with van der Waals surface area (Å²) in [6.07, 6.45) is -9.29. The van der Waals surface area contributed by atoms with Crippen molar-refractivity contribution in [1.82, 2.24) is 19.5 Å². The van der Waals surface area contributed by atoms with Crippen LogP contribution in [-0.4, -0.2) is 109 Å². The van der Waals surface area contributed by atoms with E-state index in [0.717, 1.165) is 10.9 Å². The first-order valence-electron chi connectivity index (χ1n) is 11.7. The van der Waals surface area contributed by atoms with Crippen LogP contribution in [0.4, 0.5) is 19.0 Å². The van der Waals surface area contributed by atoms with Crippen molar-refractivity contribution in [3.63, 3.8) is 0 Å². The van der Waals surface area contributed by atoms with Gasteiger partial charge in [-0.1, -0.05) is 35.0 Å². The van der Waals surface area contributed by atoms with E-state index >= 15 is 0 Å². The lowest BCUT2D eigenvalue weighted by molar-refractivity contribution is -0.129. The molecular formula is C17H25Cl2F3N5O12P3S2. The van der Waals surface area contributed by atoms with Crippen molar-refractivity contribution in [2.24, 2.45) is 0 Å². The first kappa shape index (κ1) is 38.2. The zero-order valence-electron chi connectivity index (χ0n) is 21.9. The molecule has 0 spiro atoms. The van der Waals surface area contributed by atoms with Gasteiger partial charge in [0.2, 0.25) is 0 Å². The number of ether oxygens (including phenoxy) is 1. The summed E-state index contributed by atoms with van der Waals surface area (Å²) < 4.78 is 85.1. The van der Waals surface area contributed by atoms with Crippen molar-refractivity contribution in [1.29, 1.82) is 0 Å². The normalized spacial score (nSPS) is 24.4. The summed E-state index contributed by atoms with van der Waals surface area (Å²) in [6.45, 7) is -0.697. The fourth-order valence-corrected chi connectivity index (χ4v) is 8.81. The largest absolute Gasteiger partial charge is 0.479 e. The molecule has 2 aromatic heterocycles. The van der Waals surface area contributed by atoms with Crippen molar-refractivity contribution in [2.75, 3.05) is 36.2 Å². The van der Waals surface area contributed by atoms with E-state index in [-0.39, 0.29) is 22.1 Å². The van der Waals surface area contributed by atoms with Crippen molar-refractivity contribution < 1.29 is 70.2 Å². The Morgan fingerprint density at radius 3 is 2.36 bits per heavy atom. The number of rotatable bonds is 15. The van der Waals surface area contributed by atoms with Gasteiger partial charge in [-0.2, -0.15) is 24.9 Å². The average Bonchev–Trinajstić information content (AvgIpc) is 3.41. The number of anilines is 1. The Hall–Kier alpha value is -0.250. The molecule has 1 aliphatic heterocycles. The number of imidazole rings is 1. The molecular weight excluding hydrogens is 751 g/mol. The van der Waals surface area contributed by atoms with Gasteiger partial charge in [-0.05, 0) is 6.26 Å². The summed E-state index contributed by atoms with van der Waals surface area (Å²) in [7, 11) is -17.4. The molecule has 2 aromatic rings. The Balaban J connectivity index is 1.82. The summed E-state index contributed by atoms with van der Waals surface area (Å²) in [5.41, 5.74) is 0.119. The Morgan fingerprint density at radius 1 is 1.11 bits per heavy atom. The summed E-state index contributed by atoms with van der Waals surface area (Å²) in [5.74, 6) is 0.407. The molecule has 1 saturated heterocycles. The Bertz CT molecular complexity index is 1470. The van der Waals surface area contributed by atoms with E-state index in [2.05, 4.69) is 29.1 Å². The van der Waals surface area contributed by atoms with Gasteiger partial charge in [0.05, 0.1) is 19.4 Å². The molecule has 3 rings (SSSR count). The molecule has 17 nitrogen and oxygen atoms in total. The van der Waals surface area contributed by atoms with E-state index in [9.17, 15) is 46.9 Å². The van der Waals surface area contributed by atoms with Crippen molar-refractivity contribution >= 4 is 86.7 Å². The predicted molar refractivity (Wildman–Crippen MR) is 153 cm³/mol. The number of alkyl halides is 5. The fraction of sp³-hybridized carbons (Fsp3) is 0.706. The van der Waals surface area contributed by atoms with Gasteiger partial charge < -0.3 is 39.8 Å². The lowest BCUT2D eigenvalue weighted by Gasteiger charge is -2.26. The molecule has 0 bridgehead atoms. The van der Waals surface area contributed by atoms with Crippen LogP contribution in [0.2, 0.25) is 0 Å². The molecule has 1 fully saturated rings. The zero-order chi connectivity index (χ0) is 33.3. The number of aliphatic hydroxyl groups excluding tert-OH is 2. The van der Waals surface area contributed by atoms with Crippen molar-refractivity contribution in [2.45, 2.75) is 46.1 Å². The number of nitrogens with zero attached hydrogens (tertiary/aromatic N) is 4. The molecule has 0 aromatic carbocycles. The third-order valence-corrected chi connectivity index (χ3v) is 14.7. The maximum Gasteiger partial charge on any atom is 0.479 e. The summed E-state index contributed by atoms with van der Waals surface area (Å²) in [5, 5.41) is 24.1. The van der Waals surface area contributed by atoms with Gasteiger partial charge in [0.1, 0.15) is 18.3 Å².